The van der Waals surface area contributed by atoms with Gasteiger partial charge < -0.3 is 4.74 Å². The monoisotopic (exact) mass is 290 g/mol. The van der Waals surface area contributed by atoms with Crippen LogP contribution in [-0.4, -0.2) is 12.2 Å². The summed E-state index contributed by atoms with van der Waals surface area (Å²) >= 11 is 0. The van der Waals surface area contributed by atoms with E-state index in [9.17, 15) is 13.6 Å². The molecule has 4 heteroatoms. The molecule has 0 fully saturated rings. The second-order valence-corrected chi connectivity index (χ2v) is 4.69. The van der Waals surface area contributed by atoms with E-state index in [4.69, 9.17) is 4.74 Å². The molecular weight excluding hydrogens is 274 g/mol. The number of aryl methyl sites for hydroxylation is 1. The number of ketones is 1. The highest BCUT2D eigenvalue weighted by Gasteiger charge is 2.14. The lowest BCUT2D eigenvalue weighted by atomic mass is 10.1. The topological polar surface area (TPSA) is 26.3 Å². The van der Waals surface area contributed by atoms with E-state index in [0.29, 0.717) is 18.8 Å². The highest BCUT2D eigenvalue weighted by Crippen LogP contribution is 2.15. The molecule has 2 aromatic carbocycles. The summed E-state index contributed by atoms with van der Waals surface area (Å²) in [4.78, 5) is 10.9. The summed E-state index contributed by atoms with van der Waals surface area (Å²) in [7, 11) is 0. The predicted octanol–water partition coefficient (Wildman–Crippen LogP) is 4.03. The van der Waals surface area contributed by atoms with Crippen molar-refractivity contribution in [3.63, 3.8) is 0 Å². The summed E-state index contributed by atoms with van der Waals surface area (Å²) in [6.45, 7) is 0.476. The molecule has 0 atom stereocenters. The SMILES string of the molecule is O=C(CCc1ccc(OCc2ccccc2)cc1)C(F)F. The number of alkyl halides is 2. The molecule has 0 saturated heterocycles. The molecule has 0 aliphatic carbocycles. The fraction of sp³-hybridized carbons (Fsp3) is 0.235. The third-order valence-electron chi connectivity index (χ3n) is 3.08. The number of halogens is 2. The van der Waals surface area contributed by atoms with Crippen LogP contribution in [0.3, 0.4) is 0 Å². The van der Waals surface area contributed by atoms with Gasteiger partial charge in [0.05, 0.1) is 0 Å². The Kier molecular flexibility index (Phi) is 5.43. The van der Waals surface area contributed by atoms with Crippen molar-refractivity contribution in [3.8, 4) is 5.75 Å². The second kappa shape index (κ2) is 7.53. The van der Waals surface area contributed by atoms with Crippen LogP contribution >= 0.6 is 0 Å². The number of carbonyl (C=O) groups excluding carboxylic acids is 1. The molecule has 21 heavy (non-hydrogen) atoms. The zero-order valence-corrected chi connectivity index (χ0v) is 11.5. The van der Waals surface area contributed by atoms with Gasteiger partial charge in [0, 0.05) is 6.42 Å². The number of hydrogen-bond donors (Lipinski definition) is 0. The molecule has 0 aliphatic heterocycles. The first-order chi connectivity index (χ1) is 10.1. The Morgan fingerprint density at radius 2 is 1.62 bits per heavy atom. The molecule has 2 nitrogen and oxygen atoms in total. The van der Waals surface area contributed by atoms with E-state index in [-0.39, 0.29) is 6.42 Å². The lowest BCUT2D eigenvalue weighted by Gasteiger charge is -2.07. The van der Waals surface area contributed by atoms with Gasteiger partial charge in [-0.2, -0.15) is 0 Å². The van der Waals surface area contributed by atoms with Gasteiger partial charge in [-0.3, -0.25) is 4.79 Å². The van der Waals surface area contributed by atoms with Crippen LogP contribution in [0.5, 0.6) is 5.75 Å². The van der Waals surface area contributed by atoms with Gasteiger partial charge in [-0.15, -0.1) is 0 Å². The molecule has 0 saturated carbocycles. The Bertz CT molecular complexity index is 565. The van der Waals surface area contributed by atoms with Crippen LogP contribution in [-0.2, 0) is 17.8 Å². The van der Waals surface area contributed by atoms with Crippen LogP contribution in [0.25, 0.3) is 0 Å². The maximum Gasteiger partial charge on any atom is 0.295 e. The third kappa shape index (κ3) is 4.99. The average molecular weight is 290 g/mol. The highest BCUT2D eigenvalue weighted by atomic mass is 19.3. The molecule has 0 radical (unpaired) electrons. The van der Waals surface area contributed by atoms with Crippen molar-refractivity contribution < 1.29 is 18.3 Å². The molecular formula is C17H16F2O2. The number of ether oxygens (including phenoxy) is 1. The molecule has 0 aromatic heterocycles. The minimum Gasteiger partial charge on any atom is -0.489 e. The van der Waals surface area contributed by atoms with Gasteiger partial charge in [-0.05, 0) is 29.7 Å². The van der Waals surface area contributed by atoms with Gasteiger partial charge in [0.25, 0.3) is 6.43 Å². The Morgan fingerprint density at radius 3 is 2.24 bits per heavy atom. The quantitative estimate of drug-likeness (QED) is 0.769. The van der Waals surface area contributed by atoms with Gasteiger partial charge in [-0.1, -0.05) is 42.5 Å². The normalized spacial score (nSPS) is 10.6. The van der Waals surface area contributed by atoms with E-state index < -0.39 is 12.2 Å². The van der Waals surface area contributed by atoms with Gasteiger partial charge in [0.2, 0.25) is 0 Å². The Balaban J connectivity index is 1.83. The molecule has 0 amide bonds. The van der Waals surface area contributed by atoms with Gasteiger partial charge in [0.1, 0.15) is 12.4 Å². The van der Waals surface area contributed by atoms with E-state index in [1.165, 1.54) is 0 Å². The number of rotatable bonds is 7. The summed E-state index contributed by atoms with van der Waals surface area (Å²) in [6.07, 6.45) is -2.69. The third-order valence-corrected chi connectivity index (χ3v) is 3.08. The summed E-state index contributed by atoms with van der Waals surface area (Å²) in [6, 6.07) is 16.9. The fourth-order valence-corrected chi connectivity index (χ4v) is 1.87. The van der Waals surface area contributed by atoms with Crippen LogP contribution < -0.4 is 4.74 Å². The first kappa shape index (κ1) is 15.2. The zero-order chi connectivity index (χ0) is 15.1. The van der Waals surface area contributed by atoms with Crippen molar-refractivity contribution in [2.24, 2.45) is 0 Å². The van der Waals surface area contributed by atoms with E-state index >= 15 is 0 Å². The number of benzene rings is 2. The van der Waals surface area contributed by atoms with Crippen molar-refractivity contribution >= 4 is 5.78 Å². The van der Waals surface area contributed by atoms with Crippen molar-refractivity contribution in [1.82, 2.24) is 0 Å². The summed E-state index contributed by atoms with van der Waals surface area (Å²) in [5.41, 5.74) is 1.92. The maximum atomic E-state index is 12.1. The Hall–Kier alpha value is -2.23. The van der Waals surface area contributed by atoms with E-state index in [1.54, 1.807) is 24.3 Å². The Morgan fingerprint density at radius 1 is 0.952 bits per heavy atom. The fourth-order valence-electron chi connectivity index (χ4n) is 1.87. The molecule has 2 rings (SSSR count). The van der Waals surface area contributed by atoms with Crippen LogP contribution in [0.15, 0.2) is 54.6 Å². The minimum atomic E-state index is -2.88. The molecule has 2 aromatic rings. The predicted molar refractivity (Wildman–Crippen MR) is 76.5 cm³/mol. The maximum absolute atomic E-state index is 12.1. The van der Waals surface area contributed by atoms with Crippen LogP contribution in [0.2, 0.25) is 0 Å². The van der Waals surface area contributed by atoms with Crippen molar-refractivity contribution in [1.29, 1.82) is 0 Å². The smallest absolute Gasteiger partial charge is 0.295 e. The zero-order valence-electron chi connectivity index (χ0n) is 11.5. The first-order valence-electron chi connectivity index (χ1n) is 6.71. The van der Waals surface area contributed by atoms with Crippen LogP contribution in [0.4, 0.5) is 8.78 Å². The van der Waals surface area contributed by atoms with Crippen molar-refractivity contribution in [2.75, 3.05) is 0 Å². The summed E-state index contributed by atoms with van der Waals surface area (Å²) in [5.74, 6) is -0.304. The summed E-state index contributed by atoms with van der Waals surface area (Å²) in [5, 5.41) is 0. The molecule has 0 bridgehead atoms. The molecule has 110 valence electrons. The molecule has 0 spiro atoms. The van der Waals surface area contributed by atoms with Crippen LogP contribution in [0, 0.1) is 0 Å². The van der Waals surface area contributed by atoms with E-state index in [1.807, 2.05) is 30.3 Å². The lowest BCUT2D eigenvalue weighted by molar-refractivity contribution is -0.129. The van der Waals surface area contributed by atoms with Crippen molar-refractivity contribution in [2.45, 2.75) is 25.9 Å². The first-order valence-corrected chi connectivity index (χ1v) is 6.71. The van der Waals surface area contributed by atoms with E-state index in [2.05, 4.69) is 0 Å². The number of Topliss-reactive ketones (excluding diaryl/α,β-unsaturated/α-hetero) is 1. The largest absolute Gasteiger partial charge is 0.489 e. The molecule has 0 heterocycles. The van der Waals surface area contributed by atoms with Gasteiger partial charge in [0.15, 0.2) is 5.78 Å². The standard InChI is InChI=1S/C17H16F2O2/c18-17(19)16(20)11-8-13-6-9-15(10-7-13)21-12-14-4-2-1-3-5-14/h1-7,9-10,17H,8,11-12H2. The van der Waals surface area contributed by atoms with Crippen molar-refractivity contribution in [3.05, 3.63) is 65.7 Å². The average Bonchev–Trinajstić information content (AvgIpc) is 2.52. The van der Waals surface area contributed by atoms with Gasteiger partial charge in [-0.25, -0.2) is 8.78 Å². The molecule has 0 unspecified atom stereocenters. The number of carbonyl (C=O) groups is 1. The van der Waals surface area contributed by atoms with E-state index in [0.717, 1.165) is 11.1 Å². The number of hydrogen-bond acceptors (Lipinski definition) is 2. The highest BCUT2D eigenvalue weighted by molar-refractivity contribution is 5.81. The Labute approximate surface area is 122 Å². The lowest BCUT2D eigenvalue weighted by Crippen LogP contribution is -2.10. The van der Waals surface area contributed by atoms with Gasteiger partial charge >= 0.3 is 0 Å². The van der Waals surface area contributed by atoms with Crippen LogP contribution in [0.1, 0.15) is 17.5 Å². The second-order valence-electron chi connectivity index (χ2n) is 4.69. The minimum absolute atomic E-state index is 0.137. The molecule has 0 N–H and O–H groups in total. The molecule has 0 aliphatic rings. The summed E-state index contributed by atoms with van der Waals surface area (Å²) < 4.78 is 29.8.